The highest BCUT2D eigenvalue weighted by Crippen LogP contribution is 2.25. The van der Waals surface area contributed by atoms with E-state index >= 15 is 0 Å². The Hall–Kier alpha value is -1.58. The second kappa shape index (κ2) is 5.38. The lowest BCUT2D eigenvalue weighted by molar-refractivity contribution is -0.115. The molecule has 0 spiro atoms. The number of carboxylic acid groups (broad SMARTS) is 1. The van der Waals surface area contributed by atoms with Crippen LogP contribution in [0.25, 0.3) is 0 Å². The van der Waals surface area contributed by atoms with Crippen molar-refractivity contribution in [2.24, 2.45) is 10.9 Å². The maximum Gasteiger partial charge on any atom is 0.336 e. The minimum absolute atomic E-state index is 0.102. The van der Waals surface area contributed by atoms with Gasteiger partial charge in [-0.3, -0.25) is 4.79 Å². The molecule has 98 valence electrons. The summed E-state index contributed by atoms with van der Waals surface area (Å²) in [5, 5.41) is 13.9. The number of nitrogens with two attached hydrogens (primary N) is 2. The summed E-state index contributed by atoms with van der Waals surface area (Å²) in [5.41, 5.74) is 4.70. The van der Waals surface area contributed by atoms with Crippen LogP contribution in [0, 0.1) is 0 Å². The van der Waals surface area contributed by atoms with Gasteiger partial charge in [-0.05, 0) is 18.2 Å². The third-order valence-corrected chi connectivity index (χ3v) is 3.89. The molecule has 0 radical (unpaired) electrons. The quantitative estimate of drug-likeness (QED) is 0.631. The summed E-state index contributed by atoms with van der Waals surface area (Å²) in [4.78, 5) is 21.5. The summed E-state index contributed by atoms with van der Waals surface area (Å²) in [6.45, 7) is 0. The van der Waals surface area contributed by atoms with Crippen LogP contribution in [0.3, 0.4) is 0 Å². The Balaban J connectivity index is 3.21. The van der Waals surface area contributed by atoms with E-state index < -0.39 is 21.9 Å². The normalized spacial score (nSPS) is 11.2. The summed E-state index contributed by atoms with van der Waals surface area (Å²) >= 11 is 0.912. The van der Waals surface area contributed by atoms with Gasteiger partial charge >= 0.3 is 5.97 Å². The Morgan fingerprint density at radius 2 is 1.94 bits per heavy atom. The third kappa shape index (κ3) is 3.72. The van der Waals surface area contributed by atoms with Gasteiger partial charge in [-0.25, -0.2) is 18.4 Å². The van der Waals surface area contributed by atoms with Gasteiger partial charge in [-0.15, -0.1) is 11.8 Å². The molecule has 0 heterocycles. The average Bonchev–Trinajstić information content (AvgIpc) is 2.24. The molecule has 0 aliphatic carbocycles. The van der Waals surface area contributed by atoms with Crippen LogP contribution in [0.5, 0.6) is 0 Å². The van der Waals surface area contributed by atoms with Crippen molar-refractivity contribution in [1.29, 1.82) is 0 Å². The summed E-state index contributed by atoms with van der Waals surface area (Å²) in [6, 6.07) is 3.39. The molecule has 0 aromatic heterocycles. The predicted octanol–water partition coefficient (Wildman–Crippen LogP) is -0.390. The van der Waals surface area contributed by atoms with Crippen LogP contribution in [0.1, 0.15) is 10.4 Å². The van der Waals surface area contributed by atoms with Crippen molar-refractivity contribution in [3.8, 4) is 0 Å². The van der Waals surface area contributed by atoms with Crippen molar-refractivity contribution >= 4 is 33.7 Å². The largest absolute Gasteiger partial charge is 0.478 e. The molecule has 0 fully saturated rings. The SMILES string of the molecule is NC(=O)CSc1ccc(S(N)(=O)=O)cc1C(=O)O. The molecule has 0 aliphatic rings. The zero-order valence-electron chi connectivity index (χ0n) is 8.99. The first kappa shape index (κ1) is 14.5. The number of hydrogen-bond acceptors (Lipinski definition) is 5. The van der Waals surface area contributed by atoms with Gasteiger partial charge in [-0.1, -0.05) is 0 Å². The number of carbonyl (C=O) groups is 2. The topological polar surface area (TPSA) is 141 Å². The van der Waals surface area contributed by atoms with E-state index in [2.05, 4.69) is 0 Å². The Labute approximate surface area is 107 Å². The zero-order valence-corrected chi connectivity index (χ0v) is 10.6. The smallest absolute Gasteiger partial charge is 0.336 e. The number of sulfonamides is 1. The van der Waals surface area contributed by atoms with Gasteiger partial charge in [-0.2, -0.15) is 0 Å². The van der Waals surface area contributed by atoms with Gasteiger partial charge < -0.3 is 10.8 Å². The maximum absolute atomic E-state index is 11.1. The van der Waals surface area contributed by atoms with Crippen LogP contribution in [0.4, 0.5) is 0 Å². The van der Waals surface area contributed by atoms with Crippen LogP contribution in [0.15, 0.2) is 28.0 Å². The number of primary amides is 1. The lowest BCUT2D eigenvalue weighted by Gasteiger charge is -2.06. The van der Waals surface area contributed by atoms with Crippen molar-refractivity contribution < 1.29 is 23.1 Å². The fraction of sp³-hybridized carbons (Fsp3) is 0.111. The highest BCUT2D eigenvalue weighted by Gasteiger charge is 2.16. The summed E-state index contributed by atoms with van der Waals surface area (Å²) in [5.74, 6) is -2.02. The Kier molecular flexibility index (Phi) is 4.33. The van der Waals surface area contributed by atoms with Crippen LogP contribution in [-0.2, 0) is 14.8 Å². The van der Waals surface area contributed by atoms with Crippen LogP contribution in [-0.4, -0.2) is 31.2 Å². The molecule has 1 amide bonds. The zero-order chi connectivity index (χ0) is 13.9. The van der Waals surface area contributed by atoms with Crippen LogP contribution >= 0.6 is 11.8 Å². The molecule has 0 aliphatic heterocycles. The molecular weight excluding hydrogens is 280 g/mol. The highest BCUT2D eigenvalue weighted by molar-refractivity contribution is 8.00. The van der Waals surface area contributed by atoms with Gasteiger partial charge in [0.2, 0.25) is 15.9 Å². The van der Waals surface area contributed by atoms with Gasteiger partial charge in [0.15, 0.2) is 0 Å². The molecule has 0 saturated carbocycles. The number of carbonyl (C=O) groups excluding carboxylic acids is 1. The number of hydrogen-bond donors (Lipinski definition) is 3. The number of rotatable bonds is 5. The highest BCUT2D eigenvalue weighted by atomic mass is 32.2. The fourth-order valence-corrected chi connectivity index (χ4v) is 2.43. The first-order valence-electron chi connectivity index (χ1n) is 4.53. The molecular formula is C9H10N2O5S2. The van der Waals surface area contributed by atoms with E-state index in [9.17, 15) is 18.0 Å². The Bertz CT molecular complexity index is 597. The molecule has 0 unspecified atom stereocenters. The molecule has 1 aromatic carbocycles. The monoisotopic (exact) mass is 290 g/mol. The van der Waals surface area contributed by atoms with E-state index in [1.807, 2.05) is 0 Å². The molecule has 0 saturated heterocycles. The number of benzene rings is 1. The van der Waals surface area contributed by atoms with Gasteiger partial charge in [0.1, 0.15) is 0 Å². The van der Waals surface area contributed by atoms with Crippen LogP contribution in [0.2, 0.25) is 0 Å². The van der Waals surface area contributed by atoms with Crippen LogP contribution < -0.4 is 10.9 Å². The standard InChI is InChI=1S/C9H10N2O5S2/c10-8(12)4-17-7-2-1-5(18(11,15)16)3-6(7)9(13)14/h1-3H,4H2,(H2,10,12)(H,13,14)(H2,11,15,16). The third-order valence-electron chi connectivity index (χ3n) is 1.88. The predicted molar refractivity (Wildman–Crippen MR) is 64.7 cm³/mol. The lowest BCUT2D eigenvalue weighted by Crippen LogP contribution is -2.15. The van der Waals surface area contributed by atoms with Crippen molar-refractivity contribution in [2.45, 2.75) is 9.79 Å². The second-order valence-electron chi connectivity index (χ2n) is 3.26. The Morgan fingerprint density at radius 1 is 1.33 bits per heavy atom. The number of primary sulfonamides is 1. The van der Waals surface area contributed by atoms with Gasteiger partial charge in [0, 0.05) is 4.90 Å². The Morgan fingerprint density at radius 3 is 2.39 bits per heavy atom. The van der Waals surface area contributed by atoms with Gasteiger partial charge in [0.05, 0.1) is 16.2 Å². The summed E-state index contributed by atoms with van der Waals surface area (Å²) in [7, 11) is -3.97. The summed E-state index contributed by atoms with van der Waals surface area (Å²) < 4.78 is 22.2. The minimum Gasteiger partial charge on any atom is -0.478 e. The van der Waals surface area contributed by atoms with E-state index in [0.717, 1.165) is 17.8 Å². The van der Waals surface area contributed by atoms with E-state index in [1.54, 1.807) is 0 Å². The van der Waals surface area contributed by atoms with Gasteiger partial charge in [0.25, 0.3) is 0 Å². The molecule has 5 N–H and O–H groups in total. The van der Waals surface area contributed by atoms with E-state index in [4.69, 9.17) is 16.0 Å². The van der Waals surface area contributed by atoms with E-state index in [-0.39, 0.29) is 21.1 Å². The van der Waals surface area contributed by atoms with Crippen molar-refractivity contribution in [3.05, 3.63) is 23.8 Å². The minimum atomic E-state index is -3.97. The second-order valence-corrected chi connectivity index (χ2v) is 5.84. The molecule has 0 bridgehead atoms. The molecule has 18 heavy (non-hydrogen) atoms. The number of amides is 1. The first-order valence-corrected chi connectivity index (χ1v) is 7.06. The van der Waals surface area contributed by atoms with E-state index in [1.165, 1.54) is 12.1 Å². The number of carboxylic acids is 1. The van der Waals surface area contributed by atoms with Crippen molar-refractivity contribution in [3.63, 3.8) is 0 Å². The summed E-state index contributed by atoms with van der Waals surface area (Å²) in [6.07, 6.45) is 0. The molecule has 9 heteroatoms. The molecule has 1 rings (SSSR count). The average molecular weight is 290 g/mol. The molecule has 1 aromatic rings. The molecule has 7 nitrogen and oxygen atoms in total. The fourth-order valence-electron chi connectivity index (χ4n) is 1.13. The number of thioether (sulfide) groups is 1. The first-order chi connectivity index (χ1) is 8.21. The number of aromatic carboxylic acids is 1. The lowest BCUT2D eigenvalue weighted by atomic mass is 10.2. The van der Waals surface area contributed by atoms with E-state index in [0.29, 0.717) is 0 Å². The maximum atomic E-state index is 11.1. The van der Waals surface area contributed by atoms with Crippen molar-refractivity contribution in [2.75, 3.05) is 5.75 Å². The molecule has 0 atom stereocenters. The van der Waals surface area contributed by atoms with Crippen molar-refractivity contribution in [1.82, 2.24) is 0 Å².